The van der Waals surface area contributed by atoms with Crippen LogP contribution < -0.4 is 5.32 Å². The maximum absolute atomic E-state index is 12.6. The van der Waals surface area contributed by atoms with E-state index in [1.807, 2.05) is 23.1 Å². The Bertz CT molecular complexity index is 732. The van der Waals surface area contributed by atoms with E-state index in [1.54, 1.807) is 0 Å². The van der Waals surface area contributed by atoms with Gasteiger partial charge in [0.2, 0.25) is 0 Å². The van der Waals surface area contributed by atoms with Gasteiger partial charge in [-0.1, -0.05) is 36.4 Å². The van der Waals surface area contributed by atoms with Gasteiger partial charge in [0.1, 0.15) is 0 Å². The highest BCUT2D eigenvalue weighted by molar-refractivity contribution is 7.93. The molecular formula is C19H28N2O3S. The predicted octanol–water partition coefficient (Wildman–Crippen LogP) is 3.36. The van der Waals surface area contributed by atoms with Crippen LogP contribution in [0.3, 0.4) is 0 Å². The summed E-state index contributed by atoms with van der Waals surface area (Å²) >= 11 is 0. The molecule has 25 heavy (non-hydrogen) atoms. The summed E-state index contributed by atoms with van der Waals surface area (Å²) in [4.78, 5) is 14.5. The highest BCUT2D eigenvalue weighted by atomic mass is 32.2. The summed E-state index contributed by atoms with van der Waals surface area (Å²) in [5, 5.41) is 3.95. The minimum Gasteiger partial charge on any atom is -0.334 e. The first-order valence-corrected chi connectivity index (χ1v) is 10.9. The van der Waals surface area contributed by atoms with Gasteiger partial charge in [0.05, 0.1) is 6.04 Å². The van der Waals surface area contributed by atoms with Gasteiger partial charge in [-0.2, -0.15) is 0 Å². The number of nitrogens with one attached hydrogen (secondary N) is 1. The van der Waals surface area contributed by atoms with Gasteiger partial charge < -0.3 is 10.2 Å². The number of urea groups is 1. The molecule has 138 valence electrons. The summed E-state index contributed by atoms with van der Waals surface area (Å²) in [5.74, 6) is 1.55. The van der Waals surface area contributed by atoms with Gasteiger partial charge in [-0.15, -0.1) is 0 Å². The average Bonchev–Trinajstić information content (AvgIpc) is 3.43. The molecule has 1 saturated carbocycles. The topological polar surface area (TPSA) is 66.5 Å². The fourth-order valence-electron chi connectivity index (χ4n) is 3.69. The van der Waals surface area contributed by atoms with Crippen molar-refractivity contribution in [2.24, 2.45) is 11.8 Å². The van der Waals surface area contributed by atoms with Crippen LogP contribution in [-0.2, 0) is 9.84 Å². The van der Waals surface area contributed by atoms with Crippen LogP contribution >= 0.6 is 0 Å². The molecule has 3 rings (SSSR count). The van der Waals surface area contributed by atoms with Gasteiger partial charge in [0, 0.05) is 26.2 Å². The molecule has 6 heteroatoms. The van der Waals surface area contributed by atoms with Crippen molar-refractivity contribution in [1.29, 1.82) is 0 Å². The lowest BCUT2D eigenvalue weighted by molar-refractivity contribution is 0.121. The average molecular weight is 365 g/mol. The predicted molar refractivity (Wildman–Crippen MR) is 101 cm³/mol. The van der Waals surface area contributed by atoms with Crippen molar-refractivity contribution in [3.8, 4) is 0 Å². The van der Waals surface area contributed by atoms with Crippen molar-refractivity contribution < 1.29 is 14.6 Å². The zero-order valence-corrected chi connectivity index (χ0v) is 15.4. The highest BCUT2D eigenvalue weighted by Crippen LogP contribution is 2.46. The third-order valence-electron chi connectivity index (χ3n) is 5.09. The second-order valence-corrected chi connectivity index (χ2v) is 9.06. The van der Waals surface area contributed by atoms with Gasteiger partial charge in [-0.05, 0) is 43.1 Å². The van der Waals surface area contributed by atoms with Crippen LogP contribution in [0.1, 0.15) is 38.7 Å². The molecule has 2 amide bonds. The lowest BCUT2D eigenvalue weighted by Gasteiger charge is -2.40. The van der Waals surface area contributed by atoms with Crippen LogP contribution in [0, 0.1) is 11.8 Å². The van der Waals surface area contributed by atoms with E-state index in [2.05, 4.69) is 17.4 Å². The molecule has 0 unspecified atom stereocenters. The standard InChI is InChI=1S/C19H26N2O3S.H2/c1-25(23,24)13-5-11-20-19(22)21-12-10-17(15-8-9-15)14-18(21)16-6-3-2-4-7-16;/h2-7,13,15,17-18H,8-12,14H2,1H3,(H,20,22);1H/b13-5+;/t17-,18+;/m1./s1. The quantitative estimate of drug-likeness (QED) is 0.871. The second kappa shape index (κ2) is 7.60. The fraction of sp³-hybridized carbons (Fsp3) is 0.526. The normalized spacial score (nSPS) is 24.4. The highest BCUT2D eigenvalue weighted by Gasteiger charge is 2.39. The minimum atomic E-state index is -3.16. The molecule has 1 N–H and O–H groups in total. The third kappa shape index (κ3) is 5.08. The molecule has 1 heterocycles. The van der Waals surface area contributed by atoms with Crippen molar-refractivity contribution in [2.45, 2.75) is 31.7 Å². The Kier molecular flexibility index (Phi) is 5.47. The van der Waals surface area contributed by atoms with Gasteiger partial charge in [0.15, 0.2) is 9.84 Å². The first kappa shape index (κ1) is 18.0. The molecular weight excluding hydrogens is 336 g/mol. The molecule has 1 aromatic rings. The molecule has 2 aliphatic rings. The van der Waals surface area contributed by atoms with Gasteiger partial charge >= 0.3 is 6.03 Å². The molecule has 0 aromatic heterocycles. The van der Waals surface area contributed by atoms with E-state index in [1.165, 1.54) is 24.5 Å². The first-order chi connectivity index (χ1) is 11.9. The minimum absolute atomic E-state index is 0. The largest absolute Gasteiger partial charge is 0.334 e. The van der Waals surface area contributed by atoms with Gasteiger partial charge in [0.25, 0.3) is 0 Å². The lowest BCUT2D eigenvalue weighted by atomic mass is 9.84. The molecule has 1 saturated heterocycles. The van der Waals surface area contributed by atoms with Crippen LogP contribution in [-0.4, -0.2) is 38.7 Å². The van der Waals surface area contributed by atoms with Crippen molar-refractivity contribution >= 4 is 15.9 Å². The van der Waals surface area contributed by atoms with Gasteiger partial charge in [-0.3, -0.25) is 0 Å². The Hall–Kier alpha value is -1.82. The molecule has 2 atom stereocenters. The summed E-state index contributed by atoms with van der Waals surface area (Å²) in [6.07, 6.45) is 7.34. The first-order valence-electron chi connectivity index (χ1n) is 8.90. The number of sulfone groups is 1. The van der Waals surface area contributed by atoms with Crippen molar-refractivity contribution in [1.82, 2.24) is 10.2 Å². The smallest absolute Gasteiger partial charge is 0.318 e. The van der Waals surface area contributed by atoms with Gasteiger partial charge in [-0.25, -0.2) is 13.2 Å². The number of hydrogen-bond donors (Lipinski definition) is 1. The van der Waals surface area contributed by atoms with E-state index in [4.69, 9.17) is 0 Å². The number of carbonyl (C=O) groups is 1. The maximum Gasteiger partial charge on any atom is 0.318 e. The van der Waals surface area contributed by atoms with E-state index in [0.29, 0.717) is 5.92 Å². The third-order valence-corrected chi connectivity index (χ3v) is 5.78. The zero-order chi connectivity index (χ0) is 17.9. The van der Waals surface area contributed by atoms with Crippen molar-refractivity contribution in [2.75, 3.05) is 19.3 Å². The number of likely N-dealkylation sites (tertiary alicyclic amines) is 1. The molecule has 1 aliphatic heterocycles. The number of rotatable bonds is 5. The van der Waals surface area contributed by atoms with Crippen LogP contribution in [0.4, 0.5) is 4.79 Å². The number of amides is 2. The van der Waals surface area contributed by atoms with Crippen LogP contribution in [0.5, 0.6) is 0 Å². The monoisotopic (exact) mass is 364 g/mol. The molecule has 0 bridgehead atoms. The Morgan fingerprint density at radius 3 is 2.60 bits per heavy atom. The SMILES string of the molecule is CS(=O)(=O)/C=C/CNC(=O)N1CC[C@@H](C2CC2)C[C@H]1c1ccccc1.[HH]. The Labute approximate surface area is 151 Å². The molecule has 2 fully saturated rings. The van der Waals surface area contributed by atoms with E-state index in [-0.39, 0.29) is 20.0 Å². The van der Waals surface area contributed by atoms with Crippen molar-refractivity contribution in [3.05, 3.63) is 47.4 Å². The van der Waals surface area contributed by atoms with Crippen LogP contribution in [0.25, 0.3) is 0 Å². The van der Waals surface area contributed by atoms with E-state index in [9.17, 15) is 13.2 Å². The Morgan fingerprint density at radius 1 is 1.24 bits per heavy atom. The van der Waals surface area contributed by atoms with Crippen LogP contribution in [0.2, 0.25) is 0 Å². The summed E-state index contributed by atoms with van der Waals surface area (Å²) in [6.45, 7) is 0.971. The van der Waals surface area contributed by atoms with Crippen molar-refractivity contribution in [3.63, 3.8) is 0 Å². The molecule has 0 radical (unpaired) electrons. The number of carbonyl (C=O) groups excluding carboxylic acids is 1. The molecule has 1 aliphatic carbocycles. The Morgan fingerprint density at radius 2 is 1.96 bits per heavy atom. The Balaban J connectivity index is 0.00000243. The number of piperidine rings is 1. The summed E-state index contributed by atoms with van der Waals surface area (Å²) < 4.78 is 22.2. The van der Waals surface area contributed by atoms with E-state index in [0.717, 1.165) is 37.0 Å². The fourth-order valence-corrected chi connectivity index (χ4v) is 4.14. The number of benzene rings is 1. The van der Waals surface area contributed by atoms with E-state index < -0.39 is 9.84 Å². The number of nitrogens with zero attached hydrogens (tertiary/aromatic N) is 1. The maximum atomic E-state index is 12.6. The molecule has 5 nitrogen and oxygen atoms in total. The molecule has 0 spiro atoms. The second-order valence-electron chi connectivity index (χ2n) is 7.13. The summed E-state index contributed by atoms with van der Waals surface area (Å²) in [7, 11) is -3.16. The lowest BCUT2D eigenvalue weighted by Crippen LogP contribution is -2.46. The molecule has 1 aromatic carbocycles. The summed E-state index contributed by atoms with van der Waals surface area (Å²) in [6, 6.07) is 10.2. The van der Waals surface area contributed by atoms with Crippen LogP contribution in [0.15, 0.2) is 41.8 Å². The summed E-state index contributed by atoms with van der Waals surface area (Å²) in [5.41, 5.74) is 1.18. The zero-order valence-electron chi connectivity index (χ0n) is 14.6. The van der Waals surface area contributed by atoms with E-state index >= 15 is 0 Å². The number of hydrogen-bond acceptors (Lipinski definition) is 3.